The fraction of sp³-hybridized carbons (Fsp3) is 0.500. The Morgan fingerprint density at radius 3 is 2.72 bits per heavy atom. The Bertz CT molecular complexity index is 426. The van der Waals surface area contributed by atoms with Crippen LogP contribution in [0.4, 0.5) is 4.39 Å². The van der Waals surface area contributed by atoms with Gasteiger partial charge in [-0.1, -0.05) is 6.07 Å². The van der Waals surface area contributed by atoms with Gasteiger partial charge in [0, 0.05) is 25.7 Å². The van der Waals surface area contributed by atoms with E-state index in [1.807, 2.05) is 6.07 Å². The van der Waals surface area contributed by atoms with Gasteiger partial charge in [-0.3, -0.25) is 4.90 Å². The second kappa shape index (κ2) is 7.10. The Hall–Kier alpha value is -1.44. The topological polar surface area (TPSA) is 47.3 Å². The first-order valence-corrected chi connectivity index (χ1v) is 6.12. The molecular formula is C14H19FN2O. The highest BCUT2D eigenvalue weighted by atomic mass is 19.1. The summed E-state index contributed by atoms with van der Waals surface area (Å²) >= 11 is 0. The van der Waals surface area contributed by atoms with Crippen LogP contribution in [0.25, 0.3) is 0 Å². The van der Waals surface area contributed by atoms with Crippen LogP contribution in [0.1, 0.15) is 31.4 Å². The number of halogens is 1. The zero-order valence-corrected chi connectivity index (χ0v) is 10.9. The Labute approximate surface area is 107 Å². The van der Waals surface area contributed by atoms with Crippen molar-refractivity contribution in [2.75, 3.05) is 13.2 Å². The number of nitriles is 1. The molecule has 1 aromatic carbocycles. The van der Waals surface area contributed by atoms with E-state index < -0.39 is 5.82 Å². The van der Waals surface area contributed by atoms with Crippen LogP contribution in [0.2, 0.25) is 0 Å². The smallest absolute Gasteiger partial charge is 0.140 e. The molecule has 0 aliphatic rings. The van der Waals surface area contributed by atoms with Gasteiger partial charge in [0.1, 0.15) is 11.9 Å². The number of benzene rings is 1. The third-order valence-electron chi connectivity index (χ3n) is 2.87. The van der Waals surface area contributed by atoms with Crippen molar-refractivity contribution in [3.63, 3.8) is 0 Å². The third kappa shape index (κ3) is 4.10. The van der Waals surface area contributed by atoms with Crippen LogP contribution in [0.5, 0.6) is 0 Å². The van der Waals surface area contributed by atoms with Crippen molar-refractivity contribution in [2.24, 2.45) is 0 Å². The second-order valence-electron chi connectivity index (χ2n) is 4.57. The number of hydrogen-bond acceptors (Lipinski definition) is 3. The molecule has 0 amide bonds. The highest BCUT2D eigenvalue weighted by Crippen LogP contribution is 2.13. The van der Waals surface area contributed by atoms with E-state index in [-0.39, 0.29) is 12.2 Å². The lowest BCUT2D eigenvalue weighted by Gasteiger charge is -2.26. The average molecular weight is 250 g/mol. The molecule has 18 heavy (non-hydrogen) atoms. The Balaban J connectivity index is 2.78. The van der Waals surface area contributed by atoms with E-state index in [1.54, 1.807) is 12.1 Å². The Morgan fingerprint density at radius 1 is 1.44 bits per heavy atom. The molecule has 0 aliphatic carbocycles. The summed E-state index contributed by atoms with van der Waals surface area (Å²) in [5.74, 6) is -0.479. The minimum atomic E-state index is -0.479. The van der Waals surface area contributed by atoms with Crippen LogP contribution >= 0.6 is 0 Å². The van der Waals surface area contributed by atoms with Gasteiger partial charge in [0.05, 0.1) is 5.56 Å². The summed E-state index contributed by atoms with van der Waals surface area (Å²) < 4.78 is 13.2. The molecule has 4 heteroatoms. The number of rotatable bonds is 6. The number of hydrogen-bond donors (Lipinski definition) is 1. The van der Waals surface area contributed by atoms with Gasteiger partial charge in [0.2, 0.25) is 0 Å². The van der Waals surface area contributed by atoms with E-state index in [0.717, 1.165) is 12.1 Å². The van der Waals surface area contributed by atoms with Crippen molar-refractivity contribution in [2.45, 2.75) is 32.9 Å². The molecule has 0 heterocycles. The first kappa shape index (κ1) is 14.6. The molecule has 1 aromatic rings. The maximum Gasteiger partial charge on any atom is 0.140 e. The molecule has 3 nitrogen and oxygen atoms in total. The fourth-order valence-electron chi connectivity index (χ4n) is 1.78. The fourth-order valence-corrected chi connectivity index (χ4v) is 1.78. The molecule has 0 aliphatic heterocycles. The van der Waals surface area contributed by atoms with Gasteiger partial charge < -0.3 is 5.11 Å². The van der Waals surface area contributed by atoms with E-state index in [9.17, 15) is 4.39 Å². The molecule has 1 rings (SSSR count). The highest BCUT2D eigenvalue weighted by Gasteiger charge is 2.11. The van der Waals surface area contributed by atoms with E-state index in [2.05, 4.69) is 18.7 Å². The molecule has 1 N–H and O–H groups in total. The van der Waals surface area contributed by atoms with E-state index in [1.165, 1.54) is 6.07 Å². The van der Waals surface area contributed by atoms with Crippen LogP contribution < -0.4 is 0 Å². The summed E-state index contributed by atoms with van der Waals surface area (Å²) in [6.07, 6.45) is 0.713. The number of aliphatic hydroxyl groups is 1. The third-order valence-corrected chi connectivity index (χ3v) is 2.87. The minimum absolute atomic E-state index is 0.0818. The molecular weight excluding hydrogens is 231 g/mol. The molecule has 0 unspecified atom stereocenters. The summed E-state index contributed by atoms with van der Waals surface area (Å²) in [4.78, 5) is 2.19. The Kier molecular flexibility index (Phi) is 5.76. The van der Waals surface area contributed by atoms with Crippen molar-refractivity contribution in [1.29, 1.82) is 5.26 Å². The van der Waals surface area contributed by atoms with Crippen molar-refractivity contribution < 1.29 is 9.50 Å². The summed E-state index contributed by atoms with van der Waals surface area (Å²) in [7, 11) is 0. The van der Waals surface area contributed by atoms with Crippen molar-refractivity contribution in [3.05, 3.63) is 35.1 Å². The predicted molar refractivity (Wildman–Crippen MR) is 68.4 cm³/mol. The van der Waals surface area contributed by atoms with Gasteiger partial charge in [0.25, 0.3) is 0 Å². The van der Waals surface area contributed by atoms with Gasteiger partial charge in [-0.15, -0.1) is 0 Å². The molecule has 0 bridgehead atoms. The van der Waals surface area contributed by atoms with Crippen LogP contribution in [0.15, 0.2) is 18.2 Å². The first-order valence-electron chi connectivity index (χ1n) is 6.12. The maximum absolute atomic E-state index is 13.2. The maximum atomic E-state index is 13.2. The van der Waals surface area contributed by atoms with Gasteiger partial charge in [-0.2, -0.15) is 5.26 Å². The van der Waals surface area contributed by atoms with E-state index >= 15 is 0 Å². The van der Waals surface area contributed by atoms with Crippen molar-refractivity contribution >= 4 is 0 Å². The largest absolute Gasteiger partial charge is 0.396 e. The van der Waals surface area contributed by atoms with Gasteiger partial charge >= 0.3 is 0 Å². The zero-order valence-electron chi connectivity index (χ0n) is 10.9. The average Bonchev–Trinajstić information content (AvgIpc) is 2.36. The summed E-state index contributed by atoms with van der Waals surface area (Å²) in [6, 6.07) is 6.81. The number of nitrogens with zero attached hydrogens (tertiary/aromatic N) is 2. The normalized spacial score (nSPS) is 10.9. The van der Waals surface area contributed by atoms with Crippen LogP contribution in [-0.2, 0) is 6.54 Å². The quantitative estimate of drug-likeness (QED) is 0.842. The molecule has 98 valence electrons. The lowest BCUT2D eigenvalue weighted by Crippen LogP contribution is -2.31. The van der Waals surface area contributed by atoms with Crippen LogP contribution in [-0.4, -0.2) is 29.2 Å². The molecule has 0 saturated heterocycles. The lowest BCUT2D eigenvalue weighted by molar-refractivity contribution is 0.185. The first-order chi connectivity index (χ1) is 8.58. The summed E-state index contributed by atoms with van der Waals surface area (Å²) in [6.45, 7) is 5.76. The van der Waals surface area contributed by atoms with Gasteiger partial charge in [-0.05, 0) is 38.0 Å². The number of aliphatic hydroxyl groups excluding tert-OH is 1. The summed E-state index contributed by atoms with van der Waals surface area (Å²) in [5.41, 5.74) is 0.998. The van der Waals surface area contributed by atoms with Crippen molar-refractivity contribution in [3.8, 4) is 6.07 Å². The van der Waals surface area contributed by atoms with Gasteiger partial charge in [0.15, 0.2) is 0 Å². The van der Waals surface area contributed by atoms with E-state index in [4.69, 9.17) is 10.4 Å². The summed E-state index contributed by atoms with van der Waals surface area (Å²) in [5, 5.41) is 17.7. The standard InChI is InChI=1S/C14H19FN2O/c1-11(2)17(6-3-7-18)10-12-4-5-14(15)13(8-12)9-16/h4-5,8,11,18H,3,6-7,10H2,1-2H3. The second-order valence-corrected chi connectivity index (χ2v) is 4.57. The molecule has 0 radical (unpaired) electrons. The molecule has 0 fully saturated rings. The SMILES string of the molecule is CC(C)N(CCCO)Cc1ccc(F)c(C#N)c1. The predicted octanol–water partition coefficient (Wildman–Crippen LogP) is 2.29. The zero-order chi connectivity index (χ0) is 13.5. The minimum Gasteiger partial charge on any atom is -0.396 e. The van der Waals surface area contributed by atoms with E-state index in [0.29, 0.717) is 19.0 Å². The van der Waals surface area contributed by atoms with Crippen molar-refractivity contribution in [1.82, 2.24) is 4.90 Å². The van der Waals surface area contributed by atoms with Crippen LogP contribution in [0, 0.1) is 17.1 Å². The highest BCUT2D eigenvalue weighted by molar-refractivity contribution is 5.34. The molecule has 0 atom stereocenters. The Morgan fingerprint density at radius 2 is 2.17 bits per heavy atom. The monoisotopic (exact) mass is 250 g/mol. The molecule has 0 spiro atoms. The van der Waals surface area contributed by atoms with Crippen LogP contribution in [0.3, 0.4) is 0 Å². The molecule has 0 aromatic heterocycles. The lowest BCUT2D eigenvalue weighted by atomic mass is 10.1. The molecule has 0 saturated carbocycles. The van der Waals surface area contributed by atoms with Gasteiger partial charge in [-0.25, -0.2) is 4.39 Å².